The van der Waals surface area contributed by atoms with Crippen LogP contribution in [0.15, 0.2) is 87.8 Å². The SMILES string of the molecule is CCOC(=O)C1=C(C)N=c2s/c(=C/c3cccc(OCc4ccc(C)cc4)c3)c(=O)n2[C@@H]1c1ccc(C)c([N+](=O)[O-])c1. The van der Waals surface area contributed by atoms with E-state index in [1.807, 2.05) is 55.5 Å². The predicted octanol–water partition coefficient (Wildman–Crippen LogP) is 4.90. The molecule has 3 aromatic carbocycles. The molecule has 0 N–H and O–H groups in total. The zero-order chi connectivity index (χ0) is 30.0. The first kappa shape index (κ1) is 28.7. The maximum absolute atomic E-state index is 13.9. The smallest absolute Gasteiger partial charge is 0.338 e. The Morgan fingerprint density at radius 1 is 1.10 bits per heavy atom. The van der Waals surface area contributed by atoms with Crippen molar-refractivity contribution in [1.29, 1.82) is 0 Å². The average molecular weight is 584 g/mol. The molecule has 0 bridgehead atoms. The van der Waals surface area contributed by atoms with Crippen LogP contribution in [-0.2, 0) is 16.1 Å². The van der Waals surface area contributed by atoms with Crippen molar-refractivity contribution in [2.75, 3.05) is 6.61 Å². The number of ether oxygens (including phenoxy) is 2. The Morgan fingerprint density at radius 3 is 2.57 bits per heavy atom. The largest absolute Gasteiger partial charge is 0.489 e. The molecule has 0 fully saturated rings. The first-order valence-corrected chi connectivity index (χ1v) is 14.2. The second-order valence-corrected chi connectivity index (χ2v) is 11.0. The van der Waals surface area contributed by atoms with Gasteiger partial charge in [-0.1, -0.05) is 65.4 Å². The summed E-state index contributed by atoms with van der Waals surface area (Å²) in [6.45, 7) is 7.57. The van der Waals surface area contributed by atoms with Crippen LogP contribution in [0.3, 0.4) is 0 Å². The van der Waals surface area contributed by atoms with E-state index < -0.39 is 16.9 Å². The summed E-state index contributed by atoms with van der Waals surface area (Å²) in [5.41, 5.74) is 3.95. The molecule has 9 nitrogen and oxygen atoms in total. The summed E-state index contributed by atoms with van der Waals surface area (Å²) < 4.78 is 13.1. The Hall–Kier alpha value is -4.83. The first-order chi connectivity index (χ1) is 20.2. The number of fused-ring (bicyclic) bond motifs is 1. The van der Waals surface area contributed by atoms with Gasteiger partial charge in [0.2, 0.25) is 0 Å². The molecular formula is C32H29N3O6S. The molecular weight excluding hydrogens is 554 g/mol. The van der Waals surface area contributed by atoms with E-state index in [-0.39, 0.29) is 23.4 Å². The lowest BCUT2D eigenvalue weighted by molar-refractivity contribution is -0.385. The third-order valence-corrected chi connectivity index (χ3v) is 7.93. The summed E-state index contributed by atoms with van der Waals surface area (Å²) in [7, 11) is 0. The number of nitro groups is 1. The van der Waals surface area contributed by atoms with Crippen molar-refractivity contribution in [2.45, 2.75) is 40.3 Å². The van der Waals surface area contributed by atoms with Gasteiger partial charge in [-0.25, -0.2) is 9.79 Å². The normalized spacial score (nSPS) is 14.8. The van der Waals surface area contributed by atoms with Crippen LogP contribution >= 0.6 is 11.3 Å². The molecule has 214 valence electrons. The quantitative estimate of drug-likeness (QED) is 0.166. The number of esters is 1. The highest BCUT2D eigenvalue weighted by atomic mass is 32.1. The van der Waals surface area contributed by atoms with Crippen molar-refractivity contribution < 1.29 is 19.2 Å². The van der Waals surface area contributed by atoms with Gasteiger partial charge in [0, 0.05) is 11.6 Å². The highest BCUT2D eigenvalue weighted by Crippen LogP contribution is 2.33. The number of nitro benzene ring substituents is 1. The molecule has 0 saturated heterocycles. The Kier molecular flexibility index (Phi) is 8.17. The van der Waals surface area contributed by atoms with E-state index in [4.69, 9.17) is 9.47 Å². The highest BCUT2D eigenvalue weighted by Gasteiger charge is 2.34. The summed E-state index contributed by atoms with van der Waals surface area (Å²) in [5, 5.41) is 11.7. The zero-order valence-electron chi connectivity index (χ0n) is 23.6. The minimum atomic E-state index is -0.939. The van der Waals surface area contributed by atoms with Crippen molar-refractivity contribution in [3.63, 3.8) is 0 Å². The van der Waals surface area contributed by atoms with Crippen LogP contribution in [0.5, 0.6) is 5.75 Å². The van der Waals surface area contributed by atoms with Gasteiger partial charge < -0.3 is 9.47 Å². The fourth-order valence-electron chi connectivity index (χ4n) is 4.80. The second kappa shape index (κ2) is 12.0. The molecule has 4 aromatic rings. The van der Waals surface area contributed by atoms with Crippen LogP contribution in [0.4, 0.5) is 5.69 Å². The maximum atomic E-state index is 13.9. The van der Waals surface area contributed by atoms with Gasteiger partial charge >= 0.3 is 5.97 Å². The fraction of sp³-hybridized carbons (Fsp3) is 0.219. The highest BCUT2D eigenvalue weighted by molar-refractivity contribution is 7.07. The third-order valence-electron chi connectivity index (χ3n) is 6.94. The van der Waals surface area contributed by atoms with Gasteiger partial charge in [-0.15, -0.1) is 0 Å². The first-order valence-electron chi connectivity index (χ1n) is 13.4. The minimum Gasteiger partial charge on any atom is -0.489 e. The minimum absolute atomic E-state index is 0.102. The van der Waals surface area contributed by atoms with Gasteiger partial charge in [0.15, 0.2) is 4.80 Å². The summed E-state index contributed by atoms with van der Waals surface area (Å²) >= 11 is 1.18. The number of thiazole rings is 1. The molecule has 0 unspecified atom stereocenters. The number of hydrogen-bond donors (Lipinski definition) is 0. The van der Waals surface area contributed by atoms with Gasteiger partial charge in [0.05, 0.1) is 33.4 Å². The molecule has 2 heterocycles. The van der Waals surface area contributed by atoms with E-state index in [1.165, 1.54) is 27.5 Å². The maximum Gasteiger partial charge on any atom is 0.338 e. The summed E-state index contributed by atoms with van der Waals surface area (Å²) in [6, 6.07) is 19.3. The lowest BCUT2D eigenvalue weighted by Gasteiger charge is -2.24. The van der Waals surface area contributed by atoms with Crippen LogP contribution in [-0.4, -0.2) is 22.1 Å². The molecule has 0 aliphatic carbocycles. The number of aromatic nitrogens is 1. The number of rotatable bonds is 8. The van der Waals surface area contributed by atoms with Crippen LogP contribution in [0.1, 0.15) is 47.7 Å². The Balaban J connectivity index is 1.57. The van der Waals surface area contributed by atoms with E-state index in [1.54, 1.807) is 39.0 Å². The average Bonchev–Trinajstić information content (AvgIpc) is 3.26. The molecule has 0 amide bonds. The molecule has 5 rings (SSSR count). The van der Waals surface area contributed by atoms with Crippen molar-refractivity contribution in [3.8, 4) is 5.75 Å². The van der Waals surface area contributed by atoms with Crippen LogP contribution < -0.4 is 19.6 Å². The number of carbonyl (C=O) groups excluding carboxylic acids is 1. The Bertz CT molecular complexity index is 1900. The van der Waals surface area contributed by atoms with E-state index in [0.717, 1.165) is 11.1 Å². The van der Waals surface area contributed by atoms with Crippen molar-refractivity contribution in [1.82, 2.24) is 4.57 Å². The Morgan fingerprint density at radius 2 is 1.86 bits per heavy atom. The van der Waals surface area contributed by atoms with Gasteiger partial charge in [-0.2, -0.15) is 0 Å². The molecule has 0 saturated carbocycles. The van der Waals surface area contributed by atoms with Crippen LogP contribution in [0.2, 0.25) is 0 Å². The molecule has 1 aliphatic rings. The van der Waals surface area contributed by atoms with Gasteiger partial charge in [0.1, 0.15) is 12.4 Å². The fourth-order valence-corrected chi connectivity index (χ4v) is 5.84. The van der Waals surface area contributed by atoms with Crippen molar-refractivity contribution in [2.24, 2.45) is 4.99 Å². The molecule has 0 radical (unpaired) electrons. The van der Waals surface area contributed by atoms with Crippen molar-refractivity contribution >= 4 is 29.1 Å². The third kappa shape index (κ3) is 5.80. The Labute approximate surface area is 245 Å². The van der Waals surface area contributed by atoms with E-state index in [9.17, 15) is 19.7 Å². The van der Waals surface area contributed by atoms with Gasteiger partial charge in [-0.3, -0.25) is 19.5 Å². The van der Waals surface area contributed by atoms with Crippen LogP contribution in [0, 0.1) is 24.0 Å². The van der Waals surface area contributed by atoms with Gasteiger partial charge in [-0.05, 0) is 62.6 Å². The lowest BCUT2D eigenvalue weighted by atomic mass is 9.94. The second-order valence-electron chi connectivity index (χ2n) is 9.95. The lowest BCUT2D eigenvalue weighted by Crippen LogP contribution is -2.40. The number of benzene rings is 3. The monoisotopic (exact) mass is 583 g/mol. The van der Waals surface area contributed by atoms with E-state index in [0.29, 0.717) is 38.5 Å². The number of hydrogen-bond acceptors (Lipinski definition) is 8. The molecule has 1 atom stereocenters. The number of allylic oxidation sites excluding steroid dienone is 1. The van der Waals surface area contributed by atoms with E-state index in [2.05, 4.69) is 4.99 Å². The summed E-state index contributed by atoms with van der Waals surface area (Å²) in [5.74, 6) is 0.0297. The summed E-state index contributed by atoms with van der Waals surface area (Å²) in [6.07, 6.45) is 1.75. The number of carbonyl (C=O) groups is 1. The molecule has 0 spiro atoms. The van der Waals surface area contributed by atoms with Crippen LogP contribution in [0.25, 0.3) is 6.08 Å². The van der Waals surface area contributed by atoms with Gasteiger partial charge in [0.25, 0.3) is 11.2 Å². The predicted molar refractivity (Wildman–Crippen MR) is 160 cm³/mol. The van der Waals surface area contributed by atoms with E-state index >= 15 is 0 Å². The number of nitrogens with zero attached hydrogens (tertiary/aromatic N) is 3. The molecule has 1 aromatic heterocycles. The summed E-state index contributed by atoms with van der Waals surface area (Å²) in [4.78, 5) is 43.2. The van der Waals surface area contributed by atoms with Crippen molar-refractivity contribution in [3.05, 3.63) is 136 Å². The topological polar surface area (TPSA) is 113 Å². The zero-order valence-corrected chi connectivity index (χ0v) is 24.4. The molecule has 42 heavy (non-hydrogen) atoms. The molecule has 10 heteroatoms. The number of aryl methyl sites for hydroxylation is 2. The molecule has 1 aliphatic heterocycles. The standard InChI is InChI=1S/C32H29N3O6S/c1-5-40-31(37)28-21(4)33-32-34(29(28)24-14-11-20(3)26(17-24)35(38)39)30(36)27(42-32)16-23-7-6-8-25(15-23)41-18-22-12-9-19(2)10-13-22/h6-17,29H,5,18H2,1-4H3/b27-16+/t29-/m1/s1.